The minimum atomic E-state index is -0.365. The van der Waals surface area contributed by atoms with Crippen LogP contribution in [0.5, 0.6) is 0 Å². The van der Waals surface area contributed by atoms with Crippen LogP contribution in [0.1, 0.15) is 76.6 Å². The van der Waals surface area contributed by atoms with E-state index in [0.717, 1.165) is 36.4 Å². The van der Waals surface area contributed by atoms with E-state index in [-0.39, 0.29) is 29.7 Å². The first-order valence-corrected chi connectivity index (χ1v) is 13.6. The molecule has 1 aromatic heterocycles. The predicted octanol–water partition coefficient (Wildman–Crippen LogP) is 5.56. The Bertz CT molecular complexity index is 1100. The Morgan fingerprint density at radius 2 is 1.69 bits per heavy atom. The molecule has 0 spiro atoms. The van der Waals surface area contributed by atoms with Crippen molar-refractivity contribution in [2.45, 2.75) is 108 Å². The largest absolute Gasteiger partial charge is 0.465 e. The summed E-state index contributed by atoms with van der Waals surface area (Å²) in [7, 11) is -0.328. The van der Waals surface area contributed by atoms with E-state index in [2.05, 4.69) is 62.7 Å². The Morgan fingerprint density at radius 1 is 1.09 bits per heavy atom. The van der Waals surface area contributed by atoms with Gasteiger partial charge in [0, 0.05) is 35.7 Å². The van der Waals surface area contributed by atoms with Crippen LogP contribution in [0, 0.1) is 0 Å². The number of carbonyl (C=O) groups excluding carboxylic acids is 1. The minimum absolute atomic E-state index is 0.198. The SMILES string of the molecule is CC(C)(Cn1ccc(SNC(=O)Nc2c3c(cc4c2CCC4)CCC3)n1)B1OC(C)(C)C(C)(C)O1. The molecular formula is C26H37BN4O3S. The smallest absolute Gasteiger partial charge is 0.403 e. The number of fused-ring (bicyclic) bond motifs is 2. The molecular weight excluding hydrogens is 459 g/mol. The number of rotatable bonds is 6. The maximum Gasteiger partial charge on any atom is 0.465 e. The number of urea groups is 1. The molecule has 2 aliphatic carbocycles. The highest BCUT2D eigenvalue weighted by molar-refractivity contribution is 7.97. The van der Waals surface area contributed by atoms with Gasteiger partial charge in [-0.15, -0.1) is 0 Å². The van der Waals surface area contributed by atoms with Crippen LogP contribution in [0.25, 0.3) is 0 Å². The second-order valence-electron chi connectivity index (χ2n) is 11.8. The summed E-state index contributed by atoms with van der Waals surface area (Å²) >= 11 is 1.24. The molecule has 0 bridgehead atoms. The fraction of sp³-hybridized carbons (Fsp3) is 0.615. The van der Waals surface area contributed by atoms with E-state index >= 15 is 0 Å². The highest BCUT2D eigenvalue weighted by atomic mass is 32.2. The van der Waals surface area contributed by atoms with Gasteiger partial charge in [-0.05, 0) is 94.5 Å². The fourth-order valence-electron chi connectivity index (χ4n) is 5.34. The molecule has 35 heavy (non-hydrogen) atoms. The lowest BCUT2D eigenvalue weighted by atomic mass is 9.59. The number of nitrogens with zero attached hydrogens (tertiary/aromatic N) is 2. The first kappa shape index (κ1) is 24.7. The van der Waals surface area contributed by atoms with Crippen LogP contribution >= 0.6 is 11.9 Å². The monoisotopic (exact) mass is 496 g/mol. The zero-order valence-electron chi connectivity index (χ0n) is 21.8. The molecule has 1 aliphatic heterocycles. The van der Waals surface area contributed by atoms with E-state index in [9.17, 15) is 4.79 Å². The van der Waals surface area contributed by atoms with Crippen molar-refractivity contribution >= 4 is 30.8 Å². The zero-order chi connectivity index (χ0) is 25.0. The third-order valence-corrected chi connectivity index (χ3v) is 8.75. The van der Waals surface area contributed by atoms with E-state index in [1.54, 1.807) is 0 Å². The second-order valence-corrected chi connectivity index (χ2v) is 12.6. The molecule has 2 amide bonds. The zero-order valence-corrected chi connectivity index (χ0v) is 22.6. The average Bonchev–Trinajstić information content (AvgIpc) is 3.54. The van der Waals surface area contributed by atoms with Gasteiger partial charge in [0.05, 0.1) is 11.2 Å². The number of carbonyl (C=O) groups is 1. The average molecular weight is 496 g/mol. The molecule has 0 radical (unpaired) electrons. The van der Waals surface area contributed by atoms with Crippen LogP contribution in [-0.2, 0) is 41.5 Å². The number of aryl methyl sites for hydroxylation is 2. The molecule has 0 saturated carbocycles. The second kappa shape index (κ2) is 8.85. The van der Waals surface area contributed by atoms with Crippen LogP contribution < -0.4 is 10.0 Å². The van der Waals surface area contributed by atoms with E-state index in [4.69, 9.17) is 9.31 Å². The molecule has 1 aromatic carbocycles. The molecule has 1 saturated heterocycles. The number of amides is 2. The topological polar surface area (TPSA) is 77.4 Å². The van der Waals surface area contributed by atoms with Crippen molar-refractivity contribution < 1.29 is 14.1 Å². The lowest BCUT2D eigenvalue weighted by Gasteiger charge is -2.32. The highest BCUT2D eigenvalue weighted by Crippen LogP contribution is 2.45. The lowest BCUT2D eigenvalue weighted by molar-refractivity contribution is 0.00578. The van der Waals surface area contributed by atoms with Crippen LogP contribution in [-0.4, -0.2) is 34.1 Å². The van der Waals surface area contributed by atoms with Gasteiger partial charge >= 0.3 is 13.1 Å². The van der Waals surface area contributed by atoms with Crippen molar-refractivity contribution in [2.75, 3.05) is 5.32 Å². The van der Waals surface area contributed by atoms with E-state index in [0.29, 0.717) is 6.54 Å². The van der Waals surface area contributed by atoms with E-state index < -0.39 is 0 Å². The molecule has 2 heterocycles. The number of hydrogen-bond acceptors (Lipinski definition) is 5. The summed E-state index contributed by atoms with van der Waals surface area (Å²) in [4.78, 5) is 12.8. The number of anilines is 1. The van der Waals surface area contributed by atoms with Gasteiger partial charge in [-0.1, -0.05) is 19.9 Å². The van der Waals surface area contributed by atoms with Crippen molar-refractivity contribution in [3.05, 3.63) is 40.6 Å². The first-order valence-electron chi connectivity index (χ1n) is 12.7. The van der Waals surface area contributed by atoms with Crippen LogP contribution in [0.15, 0.2) is 23.4 Å². The van der Waals surface area contributed by atoms with Gasteiger partial charge in [0.1, 0.15) is 5.03 Å². The first-order chi connectivity index (χ1) is 16.5. The molecule has 0 atom stereocenters. The molecule has 7 nitrogen and oxygen atoms in total. The van der Waals surface area contributed by atoms with Gasteiger partial charge in [-0.25, -0.2) is 4.79 Å². The van der Waals surface area contributed by atoms with Crippen LogP contribution in [0.4, 0.5) is 10.5 Å². The van der Waals surface area contributed by atoms with Crippen molar-refractivity contribution in [2.24, 2.45) is 0 Å². The Kier molecular flexibility index (Phi) is 6.25. The summed E-state index contributed by atoms with van der Waals surface area (Å²) in [6.45, 7) is 13.2. The van der Waals surface area contributed by atoms with E-state index in [1.807, 2.05) is 16.9 Å². The summed E-state index contributed by atoms with van der Waals surface area (Å²) in [5, 5.41) is 8.30. The minimum Gasteiger partial charge on any atom is -0.403 e. The van der Waals surface area contributed by atoms with Gasteiger partial charge in [0.15, 0.2) is 0 Å². The maximum absolute atomic E-state index is 12.8. The van der Waals surface area contributed by atoms with E-state index in [1.165, 1.54) is 47.0 Å². The van der Waals surface area contributed by atoms with Crippen molar-refractivity contribution in [1.82, 2.24) is 14.5 Å². The van der Waals surface area contributed by atoms with Crippen LogP contribution in [0.2, 0.25) is 5.31 Å². The summed E-state index contributed by atoms with van der Waals surface area (Å²) in [5.74, 6) is 0. The molecule has 0 unspecified atom stereocenters. The van der Waals surface area contributed by atoms with Crippen molar-refractivity contribution in [1.29, 1.82) is 0 Å². The maximum atomic E-state index is 12.8. The van der Waals surface area contributed by atoms with Gasteiger partial charge in [-0.3, -0.25) is 9.40 Å². The standard InChI is InChI=1S/C26H37BN4O3S/c1-24(2,27-33-25(3,4)26(5,6)34-27)16-31-14-13-21(29-31)35-30-23(32)28-22-19-11-7-9-17(19)15-18-10-8-12-20(18)22/h13-15H,7-12,16H2,1-6H3,(H2,28,30,32). The Labute approximate surface area is 213 Å². The molecule has 9 heteroatoms. The molecule has 1 fully saturated rings. The Hall–Kier alpha value is -1.97. The number of hydrogen-bond donors (Lipinski definition) is 2. The predicted molar refractivity (Wildman–Crippen MR) is 141 cm³/mol. The summed E-state index contributed by atoms with van der Waals surface area (Å²) in [6, 6.07) is 4.10. The van der Waals surface area contributed by atoms with Gasteiger partial charge in [0.25, 0.3) is 0 Å². The van der Waals surface area contributed by atoms with Crippen molar-refractivity contribution in [3.8, 4) is 0 Å². The fourth-order valence-corrected chi connectivity index (χ4v) is 5.87. The molecule has 2 aromatic rings. The third kappa shape index (κ3) is 4.75. The third-order valence-electron chi connectivity index (χ3n) is 8.04. The molecule has 2 N–H and O–H groups in total. The summed E-state index contributed by atoms with van der Waals surface area (Å²) < 4.78 is 17.4. The van der Waals surface area contributed by atoms with Gasteiger partial charge in [0.2, 0.25) is 0 Å². The molecule has 5 rings (SSSR count). The number of nitrogens with one attached hydrogen (secondary N) is 2. The Morgan fingerprint density at radius 3 is 2.29 bits per heavy atom. The molecule has 3 aliphatic rings. The Balaban J connectivity index is 1.19. The van der Waals surface area contributed by atoms with Crippen LogP contribution in [0.3, 0.4) is 0 Å². The van der Waals surface area contributed by atoms with Gasteiger partial charge < -0.3 is 14.6 Å². The number of aromatic nitrogens is 2. The normalized spacial score (nSPS) is 20.1. The summed E-state index contributed by atoms with van der Waals surface area (Å²) in [5.41, 5.74) is 5.82. The van der Waals surface area contributed by atoms with Crippen molar-refractivity contribution in [3.63, 3.8) is 0 Å². The summed E-state index contributed by atoms with van der Waals surface area (Å²) in [6.07, 6.45) is 8.61. The number of benzene rings is 1. The highest BCUT2D eigenvalue weighted by Gasteiger charge is 2.56. The van der Waals surface area contributed by atoms with Gasteiger partial charge in [-0.2, -0.15) is 5.10 Å². The molecule has 188 valence electrons. The lowest BCUT2D eigenvalue weighted by Crippen LogP contribution is -2.41. The quantitative estimate of drug-likeness (QED) is 0.404.